The van der Waals surface area contributed by atoms with Gasteiger partial charge in [-0.25, -0.2) is 9.36 Å². The highest BCUT2D eigenvalue weighted by atomic mass is 16.5. The highest BCUT2D eigenvalue weighted by Gasteiger charge is 2.30. The van der Waals surface area contributed by atoms with Gasteiger partial charge in [0.15, 0.2) is 11.2 Å². The zero-order chi connectivity index (χ0) is 20.9. The van der Waals surface area contributed by atoms with Crippen LogP contribution in [0.3, 0.4) is 0 Å². The van der Waals surface area contributed by atoms with E-state index in [1.54, 1.807) is 11.7 Å². The van der Waals surface area contributed by atoms with Crippen LogP contribution in [0.25, 0.3) is 11.2 Å². The summed E-state index contributed by atoms with van der Waals surface area (Å²) in [5, 5.41) is 9.10. The van der Waals surface area contributed by atoms with Crippen molar-refractivity contribution in [1.29, 1.82) is 0 Å². The maximum atomic E-state index is 13.0. The smallest absolute Gasteiger partial charge is 0.333 e. The molecule has 0 spiro atoms. The highest BCUT2D eigenvalue weighted by Crippen LogP contribution is 2.34. The number of hydrogen-bond donors (Lipinski definition) is 1. The number of benzene rings is 1. The third-order valence-corrected chi connectivity index (χ3v) is 5.10. The van der Waals surface area contributed by atoms with Gasteiger partial charge in [-0.05, 0) is 18.1 Å². The zero-order valence-corrected chi connectivity index (χ0v) is 16.3. The van der Waals surface area contributed by atoms with Gasteiger partial charge in [0.25, 0.3) is 5.56 Å². The van der Waals surface area contributed by atoms with Gasteiger partial charge in [-0.1, -0.05) is 13.0 Å². The molecule has 3 aromatic rings. The number of rotatable bonds is 4. The largest absolute Gasteiger partial charge is 0.497 e. The van der Waals surface area contributed by atoms with Gasteiger partial charge in [-0.15, -0.1) is 0 Å². The van der Waals surface area contributed by atoms with E-state index in [1.807, 2.05) is 29.2 Å². The number of aryl methyl sites for hydroxylation is 1. The molecule has 0 saturated carbocycles. The van der Waals surface area contributed by atoms with Gasteiger partial charge in [-0.2, -0.15) is 4.98 Å². The lowest BCUT2D eigenvalue weighted by Gasteiger charge is -2.33. The number of methoxy groups -OCH3 is 1. The summed E-state index contributed by atoms with van der Waals surface area (Å²) in [6.45, 7) is 2.57. The van der Waals surface area contributed by atoms with Crippen molar-refractivity contribution in [3.05, 3.63) is 45.1 Å². The lowest BCUT2D eigenvalue weighted by molar-refractivity contribution is -0.137. The number of carboxylic acid groups (broad SMARTS) is 1. The molecule has 152 valence electrons. The van der Waals surface area contributed by atoms with E-state index in [9.17, 15) is 14.4 Å². The van der Waals surface area contributed by atoms with Crippen molar-refractivity contribution in [2.45, 2.75) is 20.0 Å². The van der Waals surface area contributed by atoms with E-state index >= 15 is 0 Å². The molecule has 0 aliphatic carbocycles. The third kappa shape index (κ3) is 2.96. The van der Waals surface area contributed by atoms with E-state index in [2.05, 4.69) is 11.9 Å². The maximum Gasteiger partial charge on any atom is 0.333 e. The molecule has 0 saturated heterocycles. The molecule has 1 aromatic carbocycles. The van der Waals surface area contributed by atoms with Crippen LogP contribution in [0.15, 0.2) is 33.9 Å². The number of aliphatic carboxylic acids is 1. The van der Waals surface area contributed by atoms with Crippen LogP contribution >= 0.6 is 0 Å². The molecular weight excluding hydrogens is 378 g/mol. The standard InChI is InChI=1S/C19H21N5O5/c1-11-8-22(12-5-4-6-13(7-12)29-3)18-20-16-15(23(18)9-11)17(27)24(10-14(25)26)19(28)21(16)2/h4-7,11H,8-10H2,1-3H3,(H,25,26)/t11-/m0/s1. The van der Waals surface area contributed by atoms with Gasteiger partial charge in [-0.3, -0.25) is 14.2 Å². The Morgan fingerprint density at radius 1 is 1.31 bits per heavy atom. The third-order valence-electron chi connectivity index (χ3n) is 5.10. The molecule has 0 bridgehead atoms. The molecule has 1 aliphatic heterocycles. The molecule has 10 heteroatoms. The Hall–Kier alpha value is -3.56. The fourth-order valence-corrected chi connectivity index (χ4v) is 3.78. The highest BCUT2D eigenvalue weighted by molar-refractivity contribution is 5.77. The lowest BCUT2D eigenvalue weighted by atomic mass is 10.1. The Bertz CT molecular complexity index is 1240. The first kappa shape index (κ1) is 18.8. The van der Waals surface area contributed by atoms with Gasteiger partial charge in [0.05, 0.1) is 7.11 Å². The summed E-state index contributed by atoms with van der Waals surface area (Å²) in [6, 6.07) is 7.51. The van der Waals surface area contributed by atoms with Gasteiger partial charge >= 0.3 is 11.7 Å². The first-order valence-corrected chi connectivity index (χ1v) is 9.15. The number of carbonyl (C=O) groups is 1. The van der Waals surface area contributed by atoms with Crippen molar-refractivity contribution >= 4 is 28.8 Å². The molecule has 4 rings (SSSR count). The van der Waals surface area contributed by atoms with E-state index in [4.69, 9.17) is 9.84 Å². The maximum absolute atomic E-state index is 13.0. The first-order chi connectivity index (χ1) is 13.8. The van der Waals surface area contributed by atoms with Crippen molar-refractivity contribution < 1.29 is 14.6 Å². The Kier molecular flexibility index (Phi) is 4.40. The topological polar surface area (TPSA) is 112 Å². The molecule has 0 amide bonds. The Morgan fingerprint density at radius 2 is 2.07 bits per heavy atom. The number of aromatic nitrogens is 4. The van der Waals surface area contributed by atoms with Crippen molar-refractivity contribution in [3.63, 3.8) is 0 Å². The van der Waals surface area contributed by atoms with Gasteiger partial charge in [0.1, 0.15) is 12.3 Å². The first-order valence-electron chi connectivity index (χ1n) is 9.15. The molecule has 29 heavy (non-hydrogen) atoms. The second-order valence-corrected chi connectivity index (χ2v) is 7.24. The Balaban J connectivity index is 1.99. The van der Waals surface area contributed by atoms with E-state index in [0.29, 0.717) is 24.8 Å². The SMILES string of the molecule is COc1cccc(N2C[C@H](C)Cn3c2nc2c3c(=O)n(CC(=O)O)c(=O)n2C)c1. The van der Waals surface area contributed by atoms with Crippen LogP contribution in [0.5, 0.6) is 5.75 Å². The van der Waals surface area contributed by atoms with E-state index < -0.39 is 23.8 Å². The molecule has 1 atom stereocenters. The van der Waals surface area contributed by atoms with Gasteiger partial charge in [0, 0.05) is 31.9 Å². The summed E-state index contributed by atoms with van der Waals surface area (Å²) < 4.78 is 9.04. The Morgan fingerprint density at radius 3 is 2.76 bits per heavy atom. The fourth-order valence-electron chi connectivity index (χ4n) is 3.78. The number of hydrogen-bond acceptors (Lipinski definition) is 6. The Labute approximate surface area is 165 Å². The number of carboxylic acids is 1. The fraction of sp³-hybridized carbons (Fsp3) is 0.368. The van der Waals surface area contributed by atoms with Crippen LogP contribution in [-0.2, 0) is 24.9 Å². The second kappa shape index (κ2) is 6.80. The van der Waals surface area contributed by atoms with Crippen LogP contribution < -0.4 is 20.9 Å². The minimum Gasteiger partial charge on any atom is -0.497 e. The van der Waals surface area contributed by atoms with Crippen LogP contribution in [0.4, 0.5) is 11.6 Å². The van der Waals surface area contributed by atoms with Crippen LogP contribution in [-0.4, -0.2) is 43.4 Å². The van der Waals surface area contributed by atoms with E-state index in [-0.39, 0.29) is 17.1 Å². The molecule has 10 nitrogen and oxygen atoms in total. The predicted molar refractivity (Wildman–Crippen MR) is 106 cm³/mol. The monoisotopic (exact) mass is 399 g/mol. The van der Waals surface area contributed by atoms with E-state index in [0.717, 1.165) is 10.3 Å². The molecule has 0 unspecified atom stereocenters. The van der Waals surface area contributed by atoms with Crippen molar-refractivity contribution in [2.75, 3.05) is 18.6 Å². The lowest BCUT2D eigenvalue weighted by Crippen LogP contribution is -2.41. The molecule has 1 aliphatic rings. The molecule has 3 heterocycles. The molecule has 1 N–H and O–H groups in total. The summed E-state index contributed by atoms with van der Waals surface area (Å²) in [4.78, 5) is 43.3. The van der Waals surface area contributed by atoms with Gasteiger partial charge < -0.3 is 19.3 Å². The summed E-state index contributed by atoms with van der Waals surface area (Å²) in [7, 11) is 3.08. The molecule has 0 fully saturated rings. The average Bonchev–Trinajstić information content (AvgIpc) is 3.08. The quantitative estimate of drug-likeness (QED) is 0.690. The summed E-state index contributed by atoms with van der Waals surface area (Å²) in [5.41, 5.74) is -0.0463. The zero-order valence-electron chi connectivity index (χ0n) is 16.3. The number of fused-ring (bicyclic) bond motifs is 3. The number of ether oxygens (including phenoxy) is 1. The minimum absolute atomic E-state index is 0.190. The normalized spacial score (nSPS) is 16.1. The number of imidazole rings is 1. The predicted octanol–water partition coefficient (Wildman–Crippen LogP) is 0.778. The van der Waals surface area contributed by atoms with Crippen molar-refractivity contribution in [1.82, 2.24) is 18.7 Å². The molecular formula is C19H21N5O5. The average molecular weight is 399 g/mol. The van der Waals surface area contributed by atoms with Crippen LogP contribution in [0.1, 0.15) is 6.92 Å². The summed E-state index contributed by atoms with van der Waals surface area (Å²) in [6.07, 6.45) is 0. The van der Waals surface area contributed by atoms with Crippen molar-refractivity contribution in [3.8, 4) is 5.75 Å². The van der Waals surface area contributed by atoms with Crippen molar-refractivity contribution in [2.24, 2.45) is 13.0 Å². The number of nitrogens with zero attached hydrogens (tertiary/aromatic N) is 5. The van der Waals surface area contributed by atoms with E-state index in [1.165, 1.54) is 11.6 Å². The van der Waals surface area contributed by atoms with Crippen LogP contribution in [0, 0.1) is 5.92 Å². The minimum atomic E-state index is -1.26. The molecule has 2 aromatic heterocycles. The van der Waals surface area contributed by atoms with Gasteiger partial charge in [0.2, 0.25) is 5.95 Å². The summed E-state index contributed by atoms with van der Waals surface area (Å²) in [5.74, 6) is 0.162. The van der Waals surface area contributed by atoms with Crippen LogP contribution in [0.2, 0.25) is 0 Å². The number of anilines is 2. The molecule has 0 radical (unpaired) electrons. The summed E-state index contributed by atoms with van der Waals surface area (Å²) >= 11 is 0. The second-order valence-electron chi connectivity index (χ2n) is 7.24.